The van der Waals surface area contributed by atoms with Crippen LogP contribution in [-0.2, 0) is 0 Å². The second-order valence-corrected chi connectivity index (χ2v) is 6.21. The molecular formula is C14H22N2. The van der Waals surface area contributed by atoms with Crippen molar-refractivity contribution >= 4 is 0 Å². The van der Waals surface area contributed by atoms with Gasteiger partial charge in [0.05, 0.1) is 12.1 Å². The van der Waals surface area contributed by atoms with Gasteiger partial charge in [-0.3, -0.25) is 5.32 Å². The molecule has 0 aromatic rings. The molecule has 0 aliphatic heterocycles. The fourth-order valence-electron chi connectivity index (χ4n) is 4.68. The van der Waals surface area contributed by atoms with Gasteiger partial charge in [0.1, 0.15) is 0 Å². The Bertz CT molecular complexity index is 276. The molecule has 0 radical (unpaired) electrons. The first-order valence-electron chi connectivity index (χ1n) is 6.95. The van der Waals surface area contributed by atoms with Crippen LogP contribution >= 0.6 is 0 Å². The smallest absolute Gasteiger partial charge is 0.0952 e. The number of nitriles is 1. The van der Waals surface area contributed by atoms with Crippen LogP contribution < -0.4 is 5.32 Å². The molecule has 88 valence electrons. The maximum absolute atomic E-state index is 9.07. The molecule has 2 heteroatoms. The molecular weight excluding hydrogens is 196 g/mol. The maximum Gasteiger partial charge on any atom is 0.0952 e. The molecule has 1 unspecified atom stereocenters. The van der Waals surface area contributed by atoms with E-state index in [0.717, 1.165) is 30.1 Å². The first-order chi connectivity index (χ1) is 7.80. The summed E-state index contributed by atoms with van der Waals surface area (Å²) in [5.74, 6) is 3.84. The largest absolute Gasteiger partial charge is 0.299 e. The van der Waals surface area contributed by atoms with Crippen LogP contribution in [0.5, 0.6) is 0 Å². The molecule has 1 atom stereocenters. The highest BCUT2D eigenvalue weighted by Crippen LogP contribution is 2.53. The van der Waals surface area contributed by atoms with E-state index in [0.29, 0.717) is 6.04 Å². The molecule has 4 aliphatic carbocycles. The predicted octanol–water partition coefficient (Wildman–Crippen LogP) is 2.70. The van der Waals surface area contributed by atoms with E-state index >= 15 is 0 Å². The summed E-state index contributed by atoms with van der Waals surface area (Å²) in [6.07, 6.45) is 8.20. The van der Waals surface area contributed by atoms with Crippen LogP contribution in [0.15, 0.2) is 0 Å². The van der Waals surface area contributed by atoms with Gasteiger partial charge in [-0.25, -0.2) is 0 Å². The van der Waals surface area contributed by atoms with Crippen LogP contribution in [0.2, 0.25) is 0 Å². The highest BCUT2D eigenvalue weighted by molar-refractivity contribution is 5.04. The zero-order valence-electron chi connectivity index (χ0n) is 10.2. The Kier molecular flexibility index (Phi) is 2.67. The van der Waals surface area contributed by atoms with Gasteiger partial charge in [0, 0.05) is 6.04 Å². The summed E-state index contributed by atoms with van der Waals surface area (Å²) < 4.78 is 0. The lowest BCUT2D eigenvalue weighted by molar-refractivity contribution is -0.0157. The highest BCUT2D eigenvalue weighted by atomic mass is 15.0. The number of hydrogen-bond donors (Lipinski definition) is 1. The SMILES string of the molecule is CCC(C#N)NC1C2CC3CC(C2)CC1C3. The third-order valence-electron chi connectivity index (χ3n) is 5.18. The summed E-state index contributed by atoms with van der Waals surface area (Å²) in [5, 5.41) is 12.7. The van der Waals surface area contributed by atoms with Crippen LogP contribution in [0.3, 0.4) is 0 Å². The second-order valence-electron chi connectivity index (χ2n) is 6.21. The molecule has 4 saturated carbocycles. The van der Waals surface area contributed by atoms with Gasteiger partial charge in [-0.15, -0.1) is 0 Å². The first kappa shape index (κ1) is 10.6. The Morgan fingerprint density at radius 3 is 2.12 bits per heavy atom. The fourth-order valence-corrected chi connectivity index (χ4v) is 4.68. The van der Waals surface area contributed by atoms with Gasteiger partial charge in [0.15, 0.2) is 0 Å². The lowest BCUT2D eigenvalue weighted by atomic mass is 9.54. The van der Waals surface area contributed by atoms with Crippen molar-refractivity contribution in [2.75, 3.05) is 0 Å². The Balaban J connectivity index is 1.70. The van der Waals surface area contributed by atoms with Gasteiger partial charge < -0.3 is 0 Å². The summed E-state index contributed by atoms with van der Waals surface area (Å²) >= 11 is 0. The number of rotatable bonds is 3. The van der Waals surface area contributed by atoms with Crippen molar-refractivity contribution in [2.24, 2.45) is 23.7 Å². The number of nitrogens with zero attached hydrogens (tertiary/aromatic N) is 1. The van der Waals surface area contributed by atoms with Crippen molar-refractivity contribution < 1.29 is 0 Å². The summed E-state index contributed by atoms with van der Waals surface area (Å²) in [5.41, 5.74) is 0. The Labute approximate surface area is 98.4 Å². The van der Waals surface area contributed by atoms with Crippen molar-refractivity contribution in [1.82, 2.24) is 5.32 Å². The summed E-state index contributed by atoms with van der Waals surface area (Å²) in [6, 6.07) is 3.15. The van der Waals surface area contributed by atoms with E-state index in [9.17, 15) is 0 Å². The third kappa shape index (κ3) is 1.66. The Morgan fingerprint density at radius 2 is 1.69 bits per heavy atom. The molecule has 2 nitrogen and oxygen atoms in total. The molecule has 4 bridgehead atoms. The molecule has 0 saturated heterocycles. The summed E-state index contributed by atoms with van der Waals surface area (Å²) in [7, 11) is 0. The Morgan fingerprint density at radius 1 is 1.12 bits per heavy atom. The Hall–Kier alpha value is -0.550. The van der Waals surface area contributed by atoms with Crippen molar-refractivity contribution in [3.8, 4) is 6.07 Å². The van der Waals surface area contributed by atoms with E-state index in [-0.39, 0.29) is 6.04 Å². The lowest BCUT2D eigenvalue weighted by Gasteiger charge is -2.55. The number of hydrogen-bond acceptors (Lipinski definition) is 2. The zero-order chi connectivity index (χ0) is 11.1. The molecule has 4 fully saturated rings. The average Bonchev–Trinajstić information content (AvgIpc) is 2.28. The van der Waals surface area contributed by atoms with E-state index in [1.54, 1.807) is 0 Å². The minimum absolute atomic E-state index is 0.0857. The molecule has 0 aromatic heterocycles. The van der Waals surface area contributed by atoms with Crippen molar-refractivity contribution in [1.29, 1.82) is 5.26 Å². The second kappa shape index (κ2) is 4.04. The van der Waals surface area contributed by atoms with Gasteiger partial charge in [-0.1, -0.05) is 6.92 Å². The standard InChI is InChI=1S/C14H22N2/c1-2-13(8-15)16-14-11-4-9-3-10(6-11)7-12(14)5-9/h9-14,16H,2-7H2,1H3. The van der Waals surface area contributed by atoms with Crippen LogP contribution in [0, 0.1) is 35.0 Å². The van der Waals surface area contributed by atoms with Crippen LogP contribution in [0.1, 0.15) is 45.4 Å². The summed E-state index contributed by atoms with van der Waals surface area (Å²) in [6.45, 7) is 2.11. The minimum Gasteiger partial charge on any atom is -0.299 e. The zero-order valence-corrected chi connectivity index (χ0v) is 10.2. The average molecular weight is 218 g/mol. The molecule has 0 heterocycles. The topological polar surface area (TPSA) is 35.8 Å². The van der Waals surface area contributed by atoms with Gasteiger partial charge in [0.2, 0.25) is 0 Å². The minimum atomic E-state index is 0.0857. The van der Waals surface area contributed by atoms with Crippen molar-refractivity contribution in [3.05, 3.63) is 0 Å². The summed E-state index contributed by atoms with van der Waals surface area (Å²) in [4.78, 5) is 0. The number of nitrogens with one attached hydrogen (secondary N) is 1. The van der Waals surface area contributed by atoms with E-state index < -0.39 is 0 Å². The van der Waals surface area contributed by atoms with Crippen molar-refractivity contribution in [2.45, 2.75) is 57.5 Å². The van der Waals surface area contributed by atoms with E-state index in [1.165, 1.54) is 32.1 Å². The normalized spacial score (nSPS) is 46.6. The molecule has 4 rings (SSSR count). The monoisotopic (exact) mass is 218 g/mol. The van der Waals surface area contributed by atoms with Gasteiger partial charge in [0.25, 0.3) is 0 Å². The van der Waals surface area contributed by atoms with Crippen LogP contribution in [0.25, 0.3) is 0 Å². The van der Waals surface area contributed by atoms with Crippen LogP contribution in [-0.4, -0.2) is 12.1 Å². The quantitative estimate of drug-likeness (QED) is 0.790. The van der Waals surface area contributed by atoms with E-state index in [4.69, 9.17) is 5.26 Å². The van der Waals surface area contributed by atoms with E-state index in [2.05, 4.69) is 18.3 Å². The fraction of sp³-hybridized carbons (Fsp3) is 0.929. The van der Waals surface area contributed by atoms with Gasteiger partial charge in [-0.2, -0.15) is 5.26 Å². The molecule has 16 heavy (non-hydrogen) atoms. The third-order valence-corrected chi connectivity index (χ3v) is 5.18. The lowest BCUT2D eigenvalue weighted by Crippen LogP contribution is -2.56. The molecule has 0 aromatic carbocycles. The maximum atomic E-state index is 9.07. The molecule has 1 N–H and O–H groups in total. The van der Waals surface area contributed by atoms with Crippen LogP contribution in [0.4, 0.5) is 0 Å². The van der Waals surface area contributed by atoms with Gasteiger partial charge >= 0.3 is 0 Å². The van der Waals surface area contributed by atoms with E-state index in [1.807, 2.05) is 0 Å². The highest BCUT2D eigenvalue weighted by Gasteiger charge is 2.48. The predicted molar refractivity (Wildman–Crippen MR) is 63.7 cm³/mol. The molecule has 0 spiro atoms. The molecule has 0 amide bonds. The molecule has 4 aliphatic rings. The van der Waals surface area contributed by atoms with Gasteiger partial charge in [-0.05, 0) is 62.2 Å². The van der Waals surface area contributed by atoms with Crippen molar-refractivity contribution in [3.63, 3.8) is 0 Å². The first-order valence-corrected chi connectivity index (χ1v) is 6.95.